The van der Waals surface area contributed by atoms with Gasteiger partial charge in [-0.1, -0.05) is 78.4 Å². The first-order valence-electron chi connectivity index (χ1n) is 18.7. The van der Waals surface area contributed by atoms with Gasteiger partial charge in [-0.05, 0) is 122 Å². The van der Waals surface area contributed by atoms with Crippen LogP contribution in [0.3, 0.4) is 0 Å². The molecular formula is C48H38O11S2. The number of ketones is 2. The average Bonchev–Trinajstić information content (AvgIpc) is 3.26. The number of ether oxygens (including phenoxy) is 3. The lowest BCUT2D eigenvalue weighted by molar-refractivity contribution is 0.103. The van der Waals surface area contributed by atoms with E-state index in [1.165, 1.54) is 30.3 Å². The molecule has 7 aromatic rings. The van der Waals surface area contributed by atoms with Crippen LogP contribution in [0.25, 0.3) is 0 Å². The number of carbonyl (C=O) groups is 2. The number of hydrogen-bond donors (Lipinski definition) is 2. The number of benzene rings is 7. The van der Waals surface area contributed by atoms with Gasteiger partial charge in [-0.2, -0.15) is 16.8 Å². The van der Waals surface area contributed by atoms with Gasteiger partial charge in [0.15, 0.2) is 11.6 Å². The van der Waals surface area contributed by atoms with Gasteiger partial charge in [0.05, 0.1) is 12.0 Å². The Bertz CT molecular complexity index is 2960. The Morgan fingerprint density at radius 3 is 1.39 bits per heavy atom. The van der Waals surface area contributed by atoms with E-state index in [1.54, 1.807) is 67.8 Å². The Kier molecular flexibility index (Phi) is 11.8. The molecule has 0 spiro atoms. The minimum absolute atomic E-state index is 0.0697. The quantitative estimate of drug-likeness (QED) is 0.0606. The van der Waals surface area contributed by atoms with Crippen molar-refractivity contribution in [2.24, 2.45) is 0 Å². The zero-order valence-electron chi connectivity index (χ0n) is 33.0. The Hall–Kier alpha value is -6.90. The Labute approximate surface area is 353 Å². The average molecular weight is 855 g/mol. The maximum Gasteiger partial charge on any atom is 0.298 e. The molecule has 13 heteroatoms. The molecule has 0 aromatic heterocycles. The van der Waals surface area contributed by atoms with Crippen LogP contribution in [0.4, 0.5) is 0 Å². The van der Waals surface area contributed by atoms with Crippen LogP contribution < -0.4 is 14.2 Å². The van der Waals surface area contributed by atoms with Crippen LogP contribution in [-0.4, -0.2) is 44.6 Å². The van der Waals surface area contributed by atoms with Gasteiger partial charge >= 0.3 is 0 Å². The molecule has 7 aromatic carbocycles. The number of hydrogen-bond acceptors (Lipinski definition) is 9. The molecule has 308 valence electrons. The lowest BCUT2D eigenvalue weighted by atomic mass is 9.71. The number of rotatable bonds is 14. The SMILES string of the molecule is COc1ccc(C(C)(c2ccc(Oc3ccc(C(=O)c4cccc(S(=O)(=O)O)c4)cc3)cc2)c2ccc(Oc3ccc(C(=O)c4ccc(C)cc4)cc3S(=O)(=O)O)cc2)cc1. The molecule has 0 aliphatic rings. The van der Waals surface area contributed by atoms with Gasteiger partial charge in [0, 0.05) is 27.7 Å². The van der Waals surface area contributed by atoms with Crippen LogP contribution in [-0.2, 0) is 25.7 Å². The number of carbonyl (C=O) groups excluding carboxylic acids is 2. The monoisotopic (exact) mass is 854 g/mol. The fourth-order valence-electron chi connectivity index (χ4n) is 6.85. The topological polar surface area (TPSA) is 171 Å². The van der Waals surface area contributed by atoms with E-state index in [0.29, 0.717) is 28.4 Å². The van der Waals surface area contributed by atoms with Crippen LogP contribution in [0.5, 0.6) is 28.7 Å². The lowest BCUT2D eigenvalue weighted by Crippen LogP contribution is -2.25. The first kappa shape index (κ1) is 42.2. The summed E-state index contributed by atoms with van der Waals surface area (Å²) in [5, 5.41) is 0. The third-order valence-electron chi connectivity index (χ3n) is 10.3. The van der Waals surface area contributed by atoms with E-state index in [2.05, 4.69) is 6.92 Å². The molecule has 11 nitrogen and oxygen atoms in total. The van der Waals surface area contributed by atoms with Crippen molar-refractivity contribution in [2.75, 3.05) is 7.11 Å². The van der Waals surface area contributed by atoms with Crippen molar-refractivity contribution in [3.8, 4) is 28.7 Å². The summed E-state index contributed by atoms with van der Waals surface area (Å²) in [7, 11) is -7.67. The van der Waals surface area contributed by atoms with E-state index in [9.17, 15) is 35.5 Å². The van der Waals surface area contributed by atoms with Gasteiger partial charge in [-0.15, -0.1) is 0 Å². The van der Waals surface area contributed by atoms with E-state index in [-0.39, 0.29) is 27.5 Å². The zero-order valence-corrected chi connectivity index (χ0v) is 34.6. The molecule has 0 saturated heterocycles. The van der Waals surface area contributed by atoms with Gasteiger partial charge in [0.2, 0.25) is 0 Å². The van der Waals surface area contributed by atoms with E-state index < -0.39 is 42.1 Å². The molecule has 0 saturated carbocycles. The second-order valence-electron chi connectivity index (χ2n) is 14.3. The summed E-state index contributed by atoms with van der Waals surface area (Å²) in [6, 6.07) is 44.5. The highest BCUT2D eigenvalue weighted by molar-refractivity contribution is 7.86. The van der Waals surface area contributed by atoms with E-state index in [4.69, 9.17) is 14.2 Å². The molecule has 0 aliphatic heterocycles. The zero-order chi connectivity index (χ0) is 43.5. The molecule has 7 rings (SSSR count). The summed E-state index contributed by atoms with van der Waals surface area (Å²) in [4.78, 5) is 25.3. The van der Waals surface area contributed by atoms with Crippen molar-refractivity contribution < 1.29 is 49.7 Å². The Morgan fingerprint density at radius 2 is 0.918 bits per heavy atom. The lowest BCUT2D eigenvalue weighted by Gasteiger charge is -2.32. The molecule has 1 unspecified atom stereocenters. The van der Waals surface area contributed by atoms with Gasteiger partial charge in [0.25, 0.3) is 20.2 Å². The highest BCUT2D eigenvalue weighted by Crippen LogP contribution is 2.41. The molecule has 0 amide bonds. The molecule has 0 aliphatic carbocycles. The van der Waals surface area contributed by atoms with Crippen LogP contribution in [0.2, 0.25) is 0 Å². The maximum atomic E-state index is 13.2. The molecule has 2 N–H and O–H groups in total. The molecule has 0 radical (unpaired) electrons. The van der Waals surface area contributed by atoms with E-state index in [1.807, 2.05) is 67.6 Å². The fraction of sp³-hybridized carbons (Fsp3) is 0.0833. The van der Waals surface area contributed by atoms with Crippen molar-refractivity contribution in [1.82, 2.24) is 0 Å². The minimum atomic E-state index is -4.79. The Balaban J connectivity index is 1.13. The molecule has 0 fully saturated rings. The molecule has 1 atom stereocenters. The van der Waals surface area contributed by atoms with Crippen molar-refractivity contribution in [3.05, 3.63) is 208 Å². The summed E-state index contributed by atoms with van der Waals surface area (Å²) in [6.45, 7) is 3.94. The predicted octanol–water partition coefficient (Wildman–Crippen LogP) is 9.90. The van der Waals surface area contributed by atoms with E-state index in [0.717, 1.165) is 34.4 Å². The van der Waals surface area contributed by atoms with Crippen molar-refractivity contribution in [2.45, 2.75) is 29.1 Å². The summed E-state index contributed by atoms with van der Waals surface area (Å²) < 4.78 is 85.2. The smallest absolute Gasteiger partial charge is 0.298 e. The maximum absolute atomic E-state index is 13.2. The second kappa shape index (κ2) is 17.0. The van der Waals surface area contributed by atoms with Crippen LogP contribution in [0.1, 0.15) is 61.0 Å². The van der Waals surface area contributed by atoms with Crippen molar-refractivity contribution >= 4 is 31.8 Å². The van der Waals surface area contributed by atoms with Crippen LogP contribution in [0.15, 0.2) is 174 Å². The van der Waals surface area contributed by atoms with Crippen molar-refractivity contribution in [3.63, 3.8) is 0 Å². The summed E-state index contributed by atoms with van der Waals surface area (Å²) in [6.07, 6.45) is 0. The summed E-state index contributed by atoms with van der Waals surface area (Å²) in [5.41, 5.74) is 3.74. The van der Waals surface area contributed by atoms with E-state index >= 15 is 0 Å². The number of aryl methyl sites for hydroxylation is 1. The summed E-state index contributed by atoms with van der Waals surface area (Å²) in [5.74, 6) is 0.941. The molecule has 0 heterocycles. The Morgan fingerprint density at radius 1 is 0.492 bits per heavy atom. The molecule has 61 heavy (non-hydrogen) atoms. The first-order chi connectivity index (χ1) is 29.0. The minimum Gasteiger partial charge on any atom is -0.497 e. The van der Waals surface area contributed by atoms with Gasteiger partial charge in [-0.3, -0.25) is 18.7 Å². The summed E-state index contributed by atoms with van der Waals surface area (Å²) >= 11 is 0. The predicted molar refractivity (Wildman–Crippen MR) is 229 cm³/mol. The normalized spacial score (nSPS) is 12.5. The molecular weight excluding hydrogens is 817 g/mol. The fourth-order valence-corrected chi connectivity index (χ4v) is 8.01. The highest BCUT2D eigenvalue weighted by atomic mass is 32.2. The second-order valence-corrected chi connectivity index (χ2v) is 17.1. The van der Waals surface area contributed by atoms with Gasteiger partial charge in [0.1, 0.15) is 33.6 Å². The third kappa shape index (κ3) is 9.30. The van der Waals surface area contributed by atoms with Crippen LogP contribution in [0, 0.1) is 6.92 Å². The van der Waals surface area contributed by atoms with Gasteiger partial charge in [-0.25, -0.2) is 0 Å². The van der Waals surface area contributed by atoms with Crippen molar-refractivity contribution in [1.29, 1.82) is 0 Å². The van der Waals surface area contributed by atoms with Gasteiger partial charge < -0.3 is 14.2 Å². The first-order valence-corrected chi connectivity index (χ1v) is 21.6. The number of methoxy groups -OCH3 is 1. The largest absolute Gasteiger partial charge is 0.497 e. The highest BCUT2D eigenvalue weighted by Gasteiger charge is 2.32. The standard InChI is InChI=1S/C48H38O11S2/c1-31-7-9-32(10-8-31)47(50)35-13-28-44(45(30-35)61(54,55)56)59-42-26-18-38(19-27-42)48(2,36-14-22-39(57-3)23-15-36)37-16-24-41(25-17-37)58-40-20-11-33(12-21-40)46(49)34-5-4-6-43(29-34)60(51,52)53/h4-30H,1-3H3,(H,51,52,53)(H,54,55,56). The molecule has 0 bridgehead atoms. The van der Waals surface area contributed by atoms with Crippen LogP contribution >= 0.6 is 0 Å². The third-order valence-corrected chi connectivity index (χ3v) is 12.0.